The minimum atomic E-state index is -0.167. The van der Waals surface area contributed by atoms with E-state index in [0.717, 1.165) is 39.3 Å². The molecular weight excluding hydrogens is 468 g/mol. The summed E-state index contributed by atoms with van der Waals surface area (Å²) in [6.07, 6.45) is 3.29. The maximum atomic E-state index is 13.2. The number of benzene rings is 2. The Morgan fingerprint density at radius 2 is 1.88 bits per heavy atom. The molecule has 0 aliphatic heterocycles. The lowest BCUT2D eigenvalue weighted by Gasteiger charge is -2.10. The van der Waals surface area contributed by atoms with Gasteiger partial charge in [-0.25, -0.2) is 4.98 Å². The van der Waals surface area contributed by atoms with Crippen LogP contribution in [0.15, 0.2) is 62.9 Å². The highest BCUT2D eigenvalue weighted by atomic mass is 79.9. The highest BCUT2D eigenvalue weighted by Gasteiger charge is 2.12. The van der Waals surface area contributed by atoms with Gasteiger partial charge in [0.15, 0.2) is 0 Å². The second-order valence-electron chi connectivity index (χ2n) is 7.66. The third kappa shape index (κ3) is 4.12. The van der Waals surface area contributed by atoms with Crippen molar-refractivity contribution in [3.8, 4) is 11.4 Å². The summed E-state index contributed by atoms with van der Waals surface area (Å²) in [5, 5.41) is 5.12. The Kier molecular flexibility index (Phi) is 6.28. The van der Waals surface area contributed by atoms with Crippen molar-refractivity contribution >= 4 is 33.0 Å². The molecule has 0 bridgehead atoms. The number of hydrogen-bond acceptors (Lipinski definition) is 4. The molecule has 0 atom stereocenters. The summed E-state index contributed by atoms with van der Waals surface area (Å²) >= 11 is 3.44. The summed E-state index contributed by atoms with van der Waals surface area (Å²) in [7, 11) is 1.66. The topological polar surface area (TPSA) is 61.4 Å². The fraction of sp³-hybridized carbons (Fsp3) is 0.240. The van der Waals surface area contributed by atoms with Crippen molar-refractivity contribution in [2.45, 2.75) is 33.6 Å². The van der Waals surface area contributed by atoms with Gasteiger partial charge in [0.1, 0.15) is 11.6 Å². The molecular formula is C25H25BrN4O2. The maximum absolute atomic E-state index is 13.2. The van der Waals surface area contributed by atoms with Crippen LogP contribution in [-0.4, -0.2) is 27.6 Å². The van der Waals surface area contributed by atoms with E-state index in [1.807, 2.05) is 43.3 Å². The fourth-order valence-corrected chi connectivity index (χ4v) is 4.23. The Balaban J connectivity index is 1.78. The van der Waals surface area contributed by atoms with Gasteiger partial charge in [0, 0.05) is 33.5 Å². The summed E-state index contributed by atoms with van der Waals surface area (Å²) in [5.74, 6) is 1.48. The zero-order chi connectivity index (χ0) is 22.8. The van der Waals surface area contributed by atoms with Crippen LogP contribution in [0.5, 0.6) is 5.75 Å². The Hall–Kier alpha value is -3.19. The van der Waals surface area contributed by atoms with E-state index in [4.69, 9.17) is 9.72 Å². The molecule has 0 saturated heterocycles. The number of ether oxygens (including phenoxy) is 1. The minimum Gasteiger partial charge on any atom is -0.497 e. The summed E-state index contributed by atoms with van der Waals surface area (Å²) in [6.45, 7) is 6.16. The van der Waals surface area contributed by atoms with Crippen molar-refractivity contribution in [1.82, 2.24) is 14.2 Å². The predicted molar refractivity (Wildman–Crippen MR) is 132 cm³/mol. The molecule has 0 amide bonds. The van der Waals surface area contributed by atoms with Crippen LogP contribution >= 0.6 is 15.9 Å². The normalized spacial score (nSPS) is 11.5. The Labute approximate surface area is 195 Å². The van der Waals surface area contributed by atoms with Gasteiger partial charge in [0.2, 0.25) is 0 Å². The second kappa shape index (κ2) is 9.12. The van der Waals surface area contributed by atoms with Gasteiger partial charge in [-0.3, -0.25) is 4.79 Å². The first-order valence-electron chi connectivity index (χ1n) is 10.5. The van der Waals surface area contributed by atoms with Gasteiger partial charge >= 0.3 is 0 Å². The molecule has 0 spiro atoms. The molecule has 0 radical (unpaired) electrons. The smallest absolute Gasteiger partial charge is 0.282 e. The number of nitrogens with zero attached hydrogens (tertiary/aromatic N) is 4. The molecule has 0 aliphatic carbocycles. The van der Waals surface area contributed by atoms with E-state index in [-0.39, 0.29) is 5.56 Å². The lowest BCUT2D eigenvalue weighted by Crippen LogP contribution is -2.22. The molecule has 164 valence electrons. The summed E-state index contributed by atoms with van der Waals surface area (Å²) in [6, 6.07) is 15.5. The summed E-state index contributed by atoms with van der Waals surface area (Å²) in [5.41, 5.74) is 4.63. The molecule has 2 aromatic carbocycles. The lowest BCUT2D eigenvalue weighted by atomic mass is 10.2. The molecule has 6 nitrogen and oxygen atoms in total. The Bertz CT molecular complexity index is 1370. The predicted octanol–water partition coefficient (Wildman–Crippen LogP) is 5.41. The molecule has 0 fully saturated rings. The summed E-state index contributed by atoms with van der Waals surface area (Å²) in [4.78, 5) is 17.9. The third-order valence-corrected chi connectivity index (χ3v) is 5.96. The molecule has 4 rings (SSSR count). The van der Waals surface area contributed by atoms with Crippen molar-refractivity contribution in [1.29, 1.82) is 0 Å². The van der Waals surface area contributed by atoms with Crippen LogP contribution in [-0.2, 0) is 6.42 Å². The number of rotatable bonds is 6. The molecule has 0 N–H and O–H groups in total. The van der Waals surface area contributed by atoms with E-state index in [1.54, 1.807) is 19.4 Å². The quantitative estimate of drug-likeness (QED) is 0.338. The molecule has 0 saturated carbocycles. The zero-order valence-corrected chi connectivity index (χ0v) is 20.2. The van der Waals surface area contributed by atoms with Crippen LogP contribution in [0.1, 0.15) is 36.1 Å². The van der Waals surface area contributed by atoms with Gasteiger partial charge in [0.05, 0.1) is 24.2 Å². The van der Waals surface area contributed by atoms with Gasteiger partial charge in [-0.15, -0.1) is 0 Å². The van der Waals surface area contributed by atoms with E-state index < -0.39 is 0 Å². The van der Waals surface area contributed by atoms with E-state index in [9.17, 15) is 4.79 Å². The van der Waals surface area contributed by atoms with Crippen LogP contribution in [0, 0.1) is 13.8 Å². The monoisotopic (exact) mass is 492 g/mol. The zero-order valence-electron chi connectivity index (χ0n) is 18.6. The standard InChI is InChI=1S/C25H25BrN4O2/c1-5-6-24-28-23-12-7-19(26)14-22(23)25(31)30(24)27-15-18-13-16(2)29(17(18)3)20-8-10-21(32-4)11-9-20/h7-15H,5-6H2,1-4H3. The summed E-state index contributed by atoms with van der Waals surface area (Å²) < 4.78 is 9.69. The average molecular weight is 493 g/mol. The average Bonchev–Trinajstić information content (AvgIpc) is 3.07. The molecule has 0 unspecified atom stereocenters. The van der Waals surface area contributed by atoms with Gasteiger partial charge in [-0.2, -0.15) is 9.78 Å². The first kappa shape index (κ1) is 22.0. The van der Waals surface area contributed by atoms with Crippen LogP contribution in [0.4, 0.5) is 0 Å². The van der Waals surface area contributed by atoms with E-state index >= 15 is 0 Å². The number of aromatic nitrogens is 3. The highest BCUT2D eigenvalue weighted by molar-refractivity contribution is 9.10. The van der Waals surface area contributed by atoms with Crippen LogP contribution in [0.3, 0.4) is 0 Å². The molecule has 7 heteroatoms. The second-order valence-corrected chi connectivity index (χ2v) is 8.58. The van der Waals surface area contributed by atoms with Crippen molar-refractivity contribution in [3.63, 3.8) is 0 Å². The number of fused-ring (bicyclic) bond motifs is 1. The van der Waals surface area contributed by atoms with Gasteiger partial charge in [0.25, 0.3) is 5.56 Å². The number of hydrogen-bond donors (Lipinski definition) is 0. The van der Waals surface area contributed by atoms with Gasteiger partial charge in [-0.05, 0) is 68.8 Å². The minimum absolute atomic E-state index is 0.167. The van der Waals surface area contributed by atoms with Crippen LogP contribution in [0.25, 0.3) is 16.6 Å². The third-order valence-electron chi connectivity index (χ3n) is 5.46. The molecule has 32 heavy (non-hydrogen) atoms. The van der Waals surface area contributed by atoms with E-state index in [2.05, 4.69) is 45.5 Å². The maximum Gasteiger partial charge on any atom is 0.282 e. The first-order valence-corrected chi connectivity index (χ1v) is 11.3. The Morgan fingerprint density at radius 3 is 2.56 bits per heavy atom. The van der Waals surface area contributed by atoms with Crippen molar-refractivity contribution < 1.29 is 4.74 Å². The SMILES string of the molecule is CCCc1nc2ccc(Br)cc2c(=O)n1N=Cc1cc(C)n(-c2ccc(OC)cc2)c1C. The molecule has 2 heterocycles. The van der Waals surface area contributed by atoms with E-state index in [1.165, 1.54) is 4.68 Å². The molecule has 0 aliphatic rings. The van der Waals surface area contributed by atoms with Crippen molar-refractivity contribution in [2.75, 3.05) is 7.11 Å². The van der Waals surface area contributed by atoms with Crippen molar-refractivity contribution in [2.24, 2.45) is 5.10 Å². The number of aryl methyl sites for hydroxylation is 2. The fourth-order valence-electron chi connectivity index (χ4n) is 3.87. The highest BCUT2D eigenvalue weighted by Crippen LogP contribution is 2.22. The Morgan fingerprint density at radius 1 is 1.12 bits per heavy atom. The van der Waals surface area contributed by atoms with Crippen molar-refractivity contribution in [3.05, 3.63) is 86.1 Å². The van der Waals surface area contributed by atoms with Gasteiger partial charge in [-0.1, -0.05) is 22.9 Å². The first-order chi connectivity index (χ1) is 15.4. The number of halogens is 1. The van der Waals surface area contributed by atoms with Gasteiger partial charge < -0.3 is 9.30 Å². The van der Waals surface area contributed by atoms with Crippen LogP contribution < -0.4 is 10.3 Å². The van der Waals surface area contributed by atoms with Crippen LogP contribution in [0.2, 0.25) is 0 Å². The van der Waals surface area contributed by atoms with E-state index in [0.29, 0.717) is 23.1 Å². The number of methoxy groups -OCH3 is 1. The molecule has 4 aromatic rings. The molecule has 2 aromatic heterocycles. The lowest BCUT2D eigenvalue weighted by molar-refractivity contribution is 0.414. The largest absolute Gasteiger partial charge is 0.497 e.